The number of nitrogens with two attached hydrogens (primary N) is 1. The fourth-order valence-electron chi connectivity index (χ4n) is 0.749. The van der Waals surface area contributed by atoms with Gasteiger partial charge in [-0.3, -0.25) is 0 Å². The van der Waals surface area contributed by atoms with Crippen molar-refractivity contribution in [3.63, 3.8) is 0 Å². The number of urea groups is 1. The third kappa shape index (κ3) is 9.14. The van der Waals surface area contributed by atoms with E-state index in [0.29, 0.717) is 6.54 Å². The van der Waals surface area contributed by atoms with E-state index in [2.05, 4.69) is 17.6 Å². The molecular weight excluding hydrogens is 166 g/mol. The average Bonchev–Trinajstić information content (AvgIpc) is 2.00. The molecule has 13 heavy (non-hydrogen) atoms. The normalized spacial score (nSPS) is 11.1. The largest absolute Gasteiger partial charge is 0.338 e. The second-order valence-corrected chi connectivity index (χ2v) is 3.95. The van der Waals surface area contributed by atoms with Gasteiger partial charge in [-0.2, -0.15) is 0 Å². The van der Waals surface area contributed by atoms with E-state index in [-0.39, 0.29) is 11.6 Å². The summed E-state index contributed by atoms with van der Waals surface area (Å²) in [6.45, 7) is 7.06. The summed E-state index contributed by atoms with van der Waals surface area (Å²) in [4.78, 5) is 11.1. The fourth-order valence-corrected chi connectivity index (χ4v) is 0.749. The summed E-state index contributed by atoms with van der Waals surface area (Å²) in [6.07, 6.45) is 2.10. The van der Waals surface area contributed by atoms with Crippen molar-refractivity contribution in [3.8, 4) is 0 Å². The van der Waals surface area contributed by atoms with Crippen LogP contribution in [0.2, 0.25) is 0 Å². The maximum absolute atomic E-state index is 11.1. The third-order valence-electron chi connectivity index (χ3n) is 1.52. The highest BCUT2D eigenvalue weighted by atomic mass is 16.2. The average molecular weight is 187 g/mol. The summed E-state index contributed by atoms with van der Waals surface area (Å²) in [6, 6.07) is -0.132. The summed E-state index contributed by atoms with van der Waals surface area (Å²) in [7, 11) is 0. The molecule has 0 spiro atoms. The van der Waals surface area contributed by atoms with Crippen molar-refractivity contribution in [1.29, 1.82) is 0 Å². The molecule has 0 saturated heterocycles. The SMILES string of the molecule is CCCCNC(=O)NCC(C)(C)N. The van der Waals surface area contributed by atoms with Crippen molar-refractivity contribution in [1.82, 2.24) is 10.6 Å². The highest BCUT2D eigenvalue weighted by molar-refractivity contribution is 5.73. The summed E-state index contributed by atoms with van der Waals surface area (Å²) in [5.74, 6) is 0. The van der Waals surface area contributed by atoms with Crippen LogP contribution < -0.4 is 16.4 Å². The Balaban J connectivity index is 3.41. The van der Waals surface area contributed by atoms with Crippen LogP contribution in [0.25, 0.3) is 0 Å². The maximum atomic E-state index is 11.1. The first-order chi connectivity index (χ1) is 5.95. The van der Waals surface area contributed by atoms with Crippen LogP contribution in [0.5, 0.6) is 0 Å². The zero-order valence-corrected chi connectivity index (χ0v) is 8.81. The van der Waals surface area contributed by atoms with Crippen molar-refractivity contribution in [2.24, 2.45) is 5.73 Å². The van der Waals surface area contributed by atoms with Crippen LogP contribution in [-0.2, 0) is 0 Å². The molecule has 0 rings (SSSR count). The monoisotopic (exact) mass is 187 g/mol. The second-order valence-electron chi connectivity index (χ2n) is 3.95. The lowest BCUT2D eigenvalue weighted by Gasteiger charge is -2.18. The van der Waals surface area contributed by atoms with Gasteiger partial charge in [-0.15, -0.1) is 0 Å². The first-order valence-electron chi connectivity index (χ1n) is 4.76. The highest BCUT2D eigenvalue weighted by Gasteiger charge is 2.11. The van der Waals surface area contributed by atoms with E-state index in [0.717, 1.165) is 19.4 Å². The Bertz CT molecular complexity index is 151. The van der Waals surface area contributed by atoms with Gasteiger partial charge in [0.1, 0.15) is 0 Å². The molecule has 0 radical (unpaired) electrons. The predicted molar refractivity (Wildman–Crippen MR) is 54.6 cm³/mol. The second kappa shape index (κ2) is 5.80. The molecule has 0 aliphatic heterocycles. The molecule has 0 bridgehead atoms. The highest BCUT2D eigenvalue weighted by Crippen LogP contribution is 1.92. The number of carbonyl (C=O) groups is 1. The van der Waals surface area contributed by atoms with E-state index in [1.54, 1.807) is 0 Å². The van der Waals surface area contributed by atoms with Gasteiger partial charge in [-0.25, -0.2) is 4.79 Å². The van der Waals surface area contributed by atoms with Gasteiger partial charge in [0.05, 0.1) is 0 Å². The molecule has 2 amide bonds. The van der Waals surface area contributed by atoms with E-state index in [1.165, 1.54) is 0 Å². The number of rotatable bonds is 5. The zero-order valence-electron chi connectivity index (χ0n) is 8.81. The molecule has 0 aliphatic carbocycles. The van der Waals surface area contributed by atoms with Crippen LogP contribution in [0.1, 0.15) is 33.6 Å². The molecule has 0 atom stereocenters. The predicted octanol–water partition coefficient (Wildman–Crippen LogP) is 0.823. The van der Waals surface area contributed by atoms with Crippen LogP contribution in [-0.4, -0.2) is 24.7 Å². The maximum Gasteiger partial charge on any atom is 0.314 e. The standard InChI is InChI=1S/C9H21N3O/c1-4-5-6-11-8(13)12-7-9(2,3)10/h4-7,10H2,1-3H3,(H2,11,12,13). The number of nitrogens with one attached hydrogen (secondary N) is 2. The first kappa shape index (κ1) is 12.2. The molecule has 0 aromatic rings. The van der Waals surface area contributed by atoms with E-state index in [4.69, 9.17) is 5.73 Å². The van der Waals surface area contributed by atoms with Crippen molar-refractivity contribution >= 4 is 6.03 Å². The Morgan fingerprint density at radius 1 is 1.38 bits per heavy atom. The van der Waals surface area contributed by atoms with E-state index in [9.17, 15) is 4.79 Å². The van der Waals surface area contributed by atoms with Gasteiger partial charge in [-0.1, -0.05) is 13.3 Å². The van der Waals surface area contributed by atoms with E-state index in [1.807, 2.05) is 13.8 Å². The quantitative estimate of drug-likeness (QED) is 0.558. The lowest BCUT2D eigenvalue weighted by atomic mass is 10.1. The molecule has 0 aromatic heterocycles. The van der Waals surface area contributed by atoms with E-state index >= 15 is 0 Å². The lowest BCUT2D eigenvalue weighted by Crippen LogP contribution is -2.48. The Labute approximate surface area is 80.3 Å². The molecule has 0 heterocycles. The summed E-state index contributed by atoms with van der Waals surface area (Å²) in [5.41, 5.74) is 5.35. The molecule has 0 saturated carbocycles. The molecule has 4 N–H and O–H groups in total. The van der Waals surface area contributed by atoms with Gasteiger partial charge in [0.15, 0.2) is 0 Å². The molecule has 4 nitrogen and oxygen atoms in total. The Morgan fingerprint density at radius 3 is 2.46 bits per heavy atom. The van der Waals surface area contributed by atoms with Crippen molar-refractivity contribution in [3.05, 3.63) is 0 Å². The van der Waals surface area contributed by atoms with Gasteiger partial charge >= 0.3 is 6.03 Å². The van der Waals surface area contributed by atoms with Crippen LogP contribution >= 0.6 is 0 Å². The Hall–Kier alpha value is -0.770. The number of hydrogen-bond acceptors (Lipinski definition) is 2. The van der Waals surface area contributed by atoms with Crippen molar-refractivity contribution < 1.29 is 4.79 Å². The molecular formula is C9H21N3O. The molecule has 4 heteroatoms. The molecule has 0 fully saturated rings. The minimum atomic E-state index is -0.345. The van der Waals surface area contributed by atoms with Crippen LogP contribution in [0.4, 0.5) is 4.79 Å². The minimum absolute atomic E-state index is 0.132. The van der Waals surface area contributed by atoms with Crippen LogP contribution in [0.3, 0.4) is 0 Å². The number of unbranched alkanes of at least 4 members (excludes halogenated alkanes) is 1. The van der Waals surface area contributed by atoms with Gasteiger partial charge in [0.2, 0.25) is 0 Å². The summed E-state index contributed by atoms with van der Waals surface area (Å²) in [5, 5.41) is 5.46. The summed E-state index contributed by atoms with van der Waals surface area (Å²) < 4.78 is 0. The Morgan fingerprint density at radius 2 is 2.00 bits per heavy atom. The fraction of sp³-hybridized carbons (Fsp3) is 0.889. The van der Waals surface area contributed by atoms with Gasteiger partial charge in [-0.05, 0) is 20.3 Å². The van der Waals surface area contributed by atoms with Crippen LogP contribution in [0.15, 0.2) is 0 Å². The third-order valence-corrected chi connectivity index (χ3v) is 1.52. The first-order valence-corrected chi connectivity index (χ1v) is 4.76. The number of amides is 2. The zero-order chi connectivity index (χ0) is 10.3. The molecule has 78 valence electrons. The van der Waals surface area contributed by atoms with Gasteiger partial charge in [0.25, 0.3) is 0 Å². The topological polar surface area (TPSA) is 67.2 Å². The summed E-state index contributed by atoms with van der Waals surface area (Å²) >= 11 is 0. The van der Waals surface area contributed by atoms with E-state index < -0.39 is 0 Å². The molecule has 0 unspecified atom stereocenters. The molecule has 0 aromatic carbocycles. The van der Waals surface area contributed by atoms with Crippen molar-refractivity contribution in [2.45, 2.75) is 39.2 Å². The van der Waals surface area contributed by atoms with Crippen LogP contribution in [0, 0.1) is 0 Å². The molecule has 0 aliphatic rings. The van der Waals surface area contributed by atoms with Crippen molar-refractivity contribution in [2.75, 3.05) is 13.1 Å². The minimum Gasteiger partial charge on any atom is -0.338 e. The Kier molecular flexibility index (Phi) is 5.46. The van der Waals surface area contributed by atoms with Gasteiger partial charge in [0, 0.05) is 18.6 Å². The number of hydrogen-bond donors (Lipinski definition) is 3. The number of carbonyl (C=O) groups excluding carboxylic acids is 1. The smallest absolute Gasteiger partial charge is 0.314 e. The van der Waals surface area contributed by atoms with Gasteiger partial charge < -0.3 is 16.4 Å². The lowest BCUT2D eigenvalue weighted by molar-refractivity contribution is 0.238.